The lowest BCUT2D eigenvalue weighted by atomic mass is 9.72. The molecule has 0 radical (unpaired) electrons. The third-order valence-corrected chi connectivity index (χ3v) is 10.1. The molecule has 1 aromatic carbocycles. The van der Waals surface area contributed by atoms with E-state index in [0.29, 0.717) is 5.92 Å². The van der Waals surface area contributed by atoms with Crippen LogP contribution in [0.15, 0.2) is 24.3 Å². The van der Waals surface area contributed by atoms with Crippen molar-refractivity contribution < 1.29 is 4.39 Å². The van der Waals surface area contributed by atoms with Crippen molar-refractivity contribution in [2.45, 2.75) is 75.9 Å². The standard InChI is InChI=1S/C20H31FSi/c1-2-13-22-14-11-19(12-15-22)17-5-3-16(4-6-17)18-7-9-20(21)10-8-18/h7-10,16-17,19,22H,2-6,11-15H2,1H3/t16-,17-,19?,22?. The van der Waals surface area contributed by atoms with E-state index in [1.165, 1.54) is 37.7 Å². The molecule has 0 N–H and O–H groups in total. The Morgan fingerprint density at radius 1 is 0.909 bits per heavy atom. The molecule has 3 rings (SSSR count). The molecule has 0 aromatic heterocycles. The van der Waals surface area contributed by atoms with Crippen molar-refractivity contribution >= 4 is 8.80 Å². The fourth-order valence-electron chi connectivity index (χ4n) is 5.02. The molecule has 0 amide bonds. The lowest BCUT2D eigenvalue weighted by Crippen LogP contribution is -2.28. The molecule has 0 bridgehead atoms. The summed E-state index contributed by atoms with van der Waals surface area (Å²) in [4.78, 5) is 0. The minimum Gasteiger partial charge on any atom is -0.207 e. The van der Waals surface area contributed by atoms with Gasteiger partial charge in [-0.25, -0.2) is 4.39 Å². The third-order valence-electron chi connectivity index (χ3n) is 6.37. The largest absolute Gasteiger partial charge is 0.207 e. The highest BCUT2D eigenvalue weighted by molar-refractivity contribution is 6.58. The Balaban J connectivity index is 1.47. The van der Waals surface area contributed by atoms with Gasteiger partial charge < -0.3 is 0 Å². The van der Waals surface area contributed by atoms with Gasteiger partial charge >= 0.3 is 0 Å². The van der Waals surface area contributed by atoms with Gasteiger partial charge in [0.2, 0.25) is 0 Å². The van der Waals surface area contributed by atoms with Crippen LogP contribution < -0.4 is 0 Å². The van der Waals surface area contributed by atoms with Crippen LogP contribution in [0.5, 0.6) is 0 Å². The molecular weight excluding hydrogens is 287 g/mol. The highest BCUT2D eigenvalue weighted by Gasteiger charge is 2.31. The molecular formula is C20H31FSi. The average Bonchev–Trinajstić information content (AvgIpc) is 2.57. The van der Waals surface area contributed by atoms with Gasteiger partial charge in [-0.05, 0) is 61.1 Å². The van der Waals surface area contributed by atoms with Crippen molar-refractivity contribution in [3.63, 3.8) is 0 Å². The van der Waals surface area contributed by atoms with E-state index in [0.717, 1.165) is 11.8 Å². The molecule has 1 saturated carbocycles. The summed E-state index contributed by atoms with van der Waals surface area (Å²) in [6.07, 6.45) is 9.97. The predicted octanol–water partition coefficient (Wildman–Crippen LogP) is 6.15. The first kappa shape index (κ1) is 16.2. The summed E-state index contributed by atoms with van der Waals surface area (Å²) in [5.74, 6) is 2.61. The Bertz CT molecular complexity index is 439. The van der Waals surface area contributed by atoms with Gasteiger partial charge in [-0.1, -0.05) is 56.5 Å². The number of rotatable bonds is 4. The smallest absolute Gasteiger partial charge is 0.123 e. The second kappa shape index (κ2) is 7.76. The molecule has 2 heteroatoms. The van der Waals surface area contributed by atoms with Crippen LogP contribution in [0.3, 0.4) is 0 Å². The summed E-state index contributed by atoms with van der Waals surface area (Å²) in [6, 6.07) is 12.1. The molecule has 2 fully saturated rings. The van der Waals surface area contributed by atoms with Crippen LogP contribution in [0.4, 0.5) is 4.39 Å². The van der Waals surface area contributed by atoms with Crippen molar-refractivity contribution in [1.82, 2.24) is 0 Å². The zero-order valence-corrected chi connectivity index (χ0v) is 15.2. The minimum absolute atomic E-state index is 0.106. The van der Waals surface area contributed by atoms with Gasteiger partial charge in [-0.3, -0.25) is 0 Å². The van der Waals surface area contributed by atoms with Gasteiger partial charge in [-0.2, -0.15) is 0 Å². The summed E-state index contributed by atoms with van der Waals surface area (Å²) in [6.45, 7) is 2.36. The average molecular weight is 319 g/mol. The Morgan fingerprint density at radius 2 is 1.50 bits per heavy atom. The maximum absolute atomic E-state index is 13.0. The van der Waals surface area contributed by atoms with Crippen molar-refractivity contribution in [3.8, 4) is 0 Å². The minimum atomic E-state index is -0.321. The van der Waals surface area contributed by atoms with Crippen LogP contribution in [0.1, 0.15) is 63.4 Å². The van der Waals surface area contributed by atoms with Gasteiger partial charge in [0.15, 0.2) is 0 Å². The van der Waals surface area contributed by atoms with Crippen molar-refractivity contribution in [3.05, 3.63) is 35.6 Å². The van der Waals surface area contributed by atoms with E-state index in [2.05, 4.69) is 6.92 Å². The monoisotopic (exact) mass is 318 g/mol. The molecule has 0 unspecified atom stereocenters. The van der Waals surface area contributed by atoms with Crippen molar-refractivity contribution in [2.75, 3.05) is 0 Å². The maximum Gasteiger partial charge on any atom is 0.123 e. The van der Waals surface area contributed by atoms with Crippen molar-refractivity contribution in [1.29, 1.82) is 0 Å². The SMILES string of the molecule is CCC[SiH]1CCC([C@H]2CC[C@H](c3ccc(F)cc3)CC2)CC1. The summed E-state index contributed by atoms with van der Waals surface area (Å²) in [5.41, 5.74) is 1.36. The Kier molecular flexibility index (Phi) is 5.73. The highest BCUT2D eigenvalue weighted by atomic mass is 28.3. The predicted molar refractivity (Wildman–Crippen MR) is 95.7 cm³/mol. The Morgan fingerprint density at radius 3 is 2.09 bits per heavy atom. The molecule has 0 spiro atoms. The van der Waals surface area contributed by atoms with Gasteiger partial charge in [0, 0.05) is 8.80 Å². The van der Waals surface area contributed by atoms with E-state index in [-0.39, 0.29) is 14.6 Å². The first-order valence-electron chi connectivity index (χ1n) is 9.51. The number of benzene rings is 1. The second-order valence-corrected chi connectivity index (χ2v) is 11.2. The molecule has 2 aliphatic rings. The normalized spacial score (nSPS) is 32.8. The van der Waals surface area contributed by atoms with E-state index in [9.17, 15) is 4.39 Å². The van der Waals surface area contributed by atoms with Crippen LogP contribution in [-0.4, -0.2) is 8.80 Å². The number of hydrogen-bond acceptors (Lipinski definition) is 0. The van der Waals surface area contributed by atoms with E-state index < -0.39 is 0 Å². The molecule has 1 heterocycles. The molecule has 22 heavy (non-hydrogen) atoms. The second-order valence-electron chi connectivity index (χ2n) is 7.73. The number of halogens is 1. The van der Waals surface area contributed by atoms with Gasteiger partial charge in [0.1, 0.15) is 5.82 Å². The van der Waals surface area contributed by atoms with Crippen molar-refractivity contribution in [2.24, 2.45) is 11.8 Å². The molecule has 1 aliphatic heterocycles. The lowest BCUT2D eigenvalue weighted by molar-refractivity contribution is 0.216. The maximum atomic E-state index is 13.0. The van der Waals surface area contributed by atoms with E-state index in [1.807, 2.05) is 12.1 Å². The Hall–Kier alpha value is -0.633. The summed E-state index contributed by atoms with van der Waals surface area (Å²) < 4.78 is 13.0. The third kappa shape index (κ3) is 4.01. The van der Waals surface area contributed by atoms with Crippen LogP contribution in [-0.2, 0) is 0 Å². The zero-order chi connectivity index (χ0) is 15.4. The first-order valence-corrected chi connectivity index (χ1v) is 12.0. The van der Waals surface area contributed by atoms with Gasteiger partial charge in [0.25, 0.3) is 0 Å². The quantitative estimate of drug-likeness (QED) is 0.584. The number of hydrogen-bond donors (Lipinski definition) is 0. The van der Waals surface area contributed by atoms with E-state index in [4.69, 9.17) is 0 Å². The molecule has 1 saturated heterocycles. The van der Waals surface area contributed by atoms with E-state index >= 15 is 0 Å². The van der Waals surface area contributed by atoms with Gasteiger partial charge in [0.05, 0.1) is 0 Å². The molecule has 1 aliphatic carbocycles. The van der Waals surface area contributed by atoms with Crippen LogP contribution in [0, 0.1) is 17.7 Å². The van der Waals surface area contributed by atoms with E-state index in [1.54, 1.807) is 43.1 Å². The fraction of sp³-hybridized carbons (Fsp3) is 0.700. The summed E-state index contributed by atoms with van der Waals surface area (Å²) in [5, 5.41) is 0. The molecule has 0 nitrogen and oxygen atoms in total. The topological polar surface area (TPSA) is 0 Å². The highest BCUT2D eigenvalue weighted by Crippen LogP contribution is 2.43. The first-order chi connectivity index (χ1) is 10.8. The summed E-state index contributed by atoms with van der Waals surface area (Å²) in [7, 11) is -0.321. The van der Waals surface area contributed by atoms with Crippen LogP contribution in [0.25, 0.3) is 0 Å². The Labute approximate surface area is 137 Å². The van der Waals surface area contributed by atoms with Gasteiger partial charge in [-0.15, -0.1) is 0 Å². The zero-order valence-electron chi connectivity index (χ0n) is 14.1. The molecule has 1 aromatic rings. The summed E-state index contributed by atoms with van der Waals surface area (Å²) >= 11 is 0. The fourth-order valence-corrected chi connectivity index (χ4v) is 8.50. The lowest BCUT2D eigenvalue weighted by Gasteiger charge is -2.37. The molecule has 0 atom stereocenters. The van der Waals surface area contributed by atoms with Crippen LogP contribution >= 0.6 is 0 Å². The van der Waals surface area contributed by atoms with Crippen LogP contribution in [0.2, 0.25) is 18.1 Å². The molecule has 122 valence electrons.